The number of benzene rings is 1. The van der Waals surface area contributed by atoms with Crippen LogP contribution in [-0.4, -0.2) is 17.5 Å². The van der Waals surface area contributed by atoms with Gasteiger partial charge in [-0.25, -0.2) is 8.42 Å². The van der Waals surface area contributed by atoms with E-state index in [9.17, 15) is 13.2 Å². The van der Waals surface area contributed by atoms with E-state index in [1.54, 1.807) is 30.3 Å². The molecule has 2 aromatic rings. The molecule has 1 atom stereocenters. The SMILES string of the molecule is CCCCCc1cc2ccccc2[s+]1C(F)(F)F.O=S(=O)([O-])O. The lowest BCUT2D eigenvalue weighted by atomic mass is 10.1. The molecule has 0 saturated carbocycles. The Hall–Kier alpha value is -1.16. The fourth-order valence-electron chi connectivity index (χ4n) is 2.16. The zero-order valence-electron chi connectivity index (χ0n) is 12.3. The number of hydrogen-bond acceptors (Lipinski definition) is 3. The van der Waals surface area contributed by atoms with Crippen molar-refractivity contribution in [2.45, 2.75) is 38.1 Å². The first kappa shape index (κ1) is 19.9. The topological polar surface area (TPSA) is 77.4 Å². The number of halogens is 3. The van der Waals surface area contributed by atoms with Gasteiger partial charge in [-0.05, 0) is 18.6 Å². The molecule has 2 rings (SSSR count). The summed E-state index contributed by atoms with van der Waals surface area (Å²) in [4.78, 5) is 0.553. The number of alkyl halides is 3. The highest BCUT2D eigenvalue weighted by atomic mass is 32.3. The molecule has 9 heteroatoms. The highest BCUT2D eigenvalue weighted by Crippen LogP contribution is 2.51. The van der Waals surface area contributed by atoms with E-state index in [2.05, 4.69) is 6.92 Å². The number of thiophene rings is 1. The second kappa shape index (κ2) is 8.09. The maximum atomic E-state index is 13.2. The fourth-order valence-corrected chi connectivity index (χ4v) is 4.16. The van der Waals surface area contributed by atoms with Gasteiger partial charge >= 0.3 is 5.51 Å². The molecule has 1 aromatic heterocycles. The molecule has 4 nitrogen and oxygen atoms in total. The van der Waals surface area contributed by atoms with Gasteiger partial charge in [-0.2, -0.15) is 0 Å². The largest absolute Gasteiger partial charge is 0.726 e. The van der Waals surface area contributed by atoms with Crippen molar-refractivity contribution < 1.29 is 30.7 Å². The normalized spacial score (nSPS) is 12.9. The second-order valence-electron chi connectivity index (χ2n) is 4.79. The number of hydrogen-bond donors (Lipinski definition) is 1. The van der Waals surface area contributed by atoms with Crippen molar-refractivity contribution in [2.75, 3.05) is 0 Å². The highest BCUT2D eigenvalue weighted by molar-refractivity contribution is 7.79. The molecule has 1 N–H and O–H groups in total. The average molecular weight is 370 g/mol. The van der Waals surface area contributed by atoms with Crippen LogP contribution in [0, 0.1) is 0 Å². The summed E-state index contributed by atoms with van der Waals surface area (Å²) >= 11 is 0. The van der Waals surface area contributed by atoms with Crippen LogP contribution in [0.4, 0.5) is 13.2 Å². The molecular weight excluding hydrogens is 353 g/mol. The molecule has 0 radical (unpaired) electrons. The summed E-state index contributed by atoms with van der Waals surface area (Å²) in [5.41, 5.74) is -4.15. The third kappa shape index (κ3) is 6.86. The maximum Gasteiger partial charge on any atom is 0.600 e. The van der Waals surface area contributed by atoms with Crippen molar-refractivity contribution in [1.82, 2.24) is 0 Å². The molecule has 130 valence electrons. The van der Waals surface area contributed by atoms with Gasteiger partial charge in [-0.1, -0.05) is 31.9 Å². The fraction of sp³-hybridized carbons (Fsp3) is 0.429. The van der Waals surface area contributed by atoms with Crippen LogP contribution in [-0.2, 0) is 22.3 Å². The van der Waals surface area contributed by atoms with Crippen LogP contribution in [0.25, 0.3) is 10.1 Å². The van der Waals surface area contributed by atoms with E-state index in [1.807, 2.05) is 0 Å². The molecule has 0 amide bonds. The molecule has 0 aliphatic carbocycles. The summed E-state index contributed by atoms with van der Waals surface area (Å²) in [6, 6.07) is 8.60. The van der Waals surface area contributed by atoms with E-state index in [0.717, 1.165) is 24.6 Å². The van der Waals surface area contributed by atoms with Crippen LogP contribution in [0.2, 0.25) is 0 Å². The second-order valence-corrected chi connectivity index (χ2v) is 7.68. The molecular formula is C14H17F3O4S2. The minimum Gasteiger partial charge on any atom is -0.726 e. The van der Waals surface area contributed by atoms with Crippen LogP contribution >= 0.6 is 10.5 Å². The van der Waals surface area contributed by atoms with Gasteiger partial charge in [0, 0.05) is 17.9 Å². The van der Waals surface area contributed by atoms with E-state index < -0.39 is 26.4 Å². The van der Waals surface area contributed by atoms with Crippen LogP contribution in [0.3, 0.4) is 0 Å². The number of unbranched alkanes of at least 4 members (excludes halogenated alkanes) is 2. The van der Waals surface area contributed by atoms with Crippen molar-refractivity contribution in [3.63, 3.8) is 0 Å². The van der Waals surface area contributed by atoms with Gasteiger partial charge in [0.15, 0.2) is 9.58 Å². The Bertz CT molecular complexity index is 728. The maximum absolute atomic E-state index is 13.2. The van der Waals surface area contributed by atoms with Crippen molar-refractivity contribution >= 4 is 31.0 Å². The third-order valence-electron chi connectivity index (χ3n) is 2.98. The van der Waals surface area contributed by atoms with Crippen LogP contribution in [0.5, 0.6) is 0 Å². The van der Waals surface area contributed by atoms with Crippen molar-refractivity contribution in [2.24, 2.45) is 0 Å². The van der Waals surface area contributed by atoms with Crippen LogP contribution in [0.15, 0.2) is 30.3 Å². The van der Waals surface area contributed by atoms with E-state index in [0.29, 0.717) is 16.0 Å². The predicted octanol–water partition coefficient (Wildman–Crippen LogP) is 4.80. The van der Waals surface area contributed by atoms with Gasteiger partial charge in [-0.3, -0.25) is 4.55 Å². The minimum atomic E-state index is -4.92. The summed E-state index contributed by atoms with van der Waals surface area (Å²) in [5, 5.41) is 0.740. The van der Waals surface area contributed by atoms with E-state index in [4.69, 9.17) is 17.5 Å². The molecule has 1 heterocycles. The zero-order valence-corrected chi connectivity index (χ0v) is 14.0. The highest BCUT2D eigenvalue weighted by Gasteiger charge is 2.47. The first-order valence-electron chi connectivity index (χ1n) is 6.83. The monoisotopic (exact) mass is 370 g/mol. The lowest BCUT2D eigenvalue weighted by molar-refractivity contribution is -0.0867. The summed E-state index contributed by atoms with van der Waals surface area (Å²) in [6.45, 7) is 2.06. The quantitative estimate of drug-likeness (QED) is 0.363. The molecule has 1 unspecified atom stereocenters. The van der Waals surface area contributed by atoms with Crippen molar-refractivity contribution in [3.05, 3.63) is 35.2 Å². The van der Waals surface area contributed by atoms with Gasteiger partial charge in [0.1, 0.15) is 0 Å². The van der Waals surface area contributed by atoms with Crippen LogP contribution in [0.1, 0.15) is 31.1 Å². The minimum absolute atomic E-state index is 0.441. The molecule has 0 aliphatic heterocycles. The summed E-state index contributed by atoms with van der Waals surface area (Å²) < 4.78 is 72.8. The number of aryl methyl sites for hydroxylation is 1. The third-order valence-corrected chi connectivity index (χ3v) is 5.10. The first-order valence-corrected chi connectivity index (χ1v) is 9.42. The van der Waals surface area contributed by atoms with Crippen LogP contribution < -0.4 is 0 Å². The smallest absolute Gasteiger partial charge is 0.600 e. The Balaban J connectivity index is 0.000000463. The Morgan fingerprint density at radius 1 is 1.22 bits per heavy atom. The van der Waals surface area contributed by atoms with Crippen molar-refractivity contribution in [1.29, 1.82) is 0 Å². The van der Waals surface area contributed by atoms with Gasteiger partial charge in [0.05, 0.1) is 10.5 Å². The Labute approximate surface area is 135 Å². The Morgan fingerprint density at radius 3 is 2.30 bits per heavy atom. The lowest BCUT2D eigenvalue weighted by Gasteiger charge is -2.00. The molecule has 0 fully saturated rings. The predicted molar refractivity (Wildman–Crippen MR) is 83.3 cm³/mol. The summed E-state index contributed by atoms with van der Waals surface area (Å²) in [7, 11) is -6.62. The summed E-state index contributed by atoms with van der Waals surface area (Å²) in [6.07, 6.45) is 3.42. The standard InChI is InChI=1S/C14H16F3S.H2O4S/c1-2-3-4-8-12-10-11-7-5-6-9-13(11)18(12)14(15,16)17;1-5(2,3)4/h5-7,9-10H,2-4,8H2,1H3;(H2,1,2,3,4)/q+1;/p-1. The molecule has 23 heavy (non-hydrogen) atoms. The van der Waals surface area contributed by atoms with Gasteiger partial charge in [0.2, 0.25) is 10.4 Å². The van der Waals surface area contributed by atoms with E-state index in [1.165, 1.54) is 0 Å². The Kier molecular flexibility index (Phi) is 7.00. The number of fused-ring (bicyclic) bond motifs is 1. The average Bonchev–Trinajstić information content (AvgIpc) is 2.75. The molecule has 0 saturated heterocycles. The van der Waals surface area contributed by atoms with Gasteiger partial charge in [0.25, 0.3) is 0 Å². The molecule has 0 aliphatic rings. The van der Waals surface area contributed by atoms with E-state index >= 15 is 0 Å². The van der Waals surface area contributed by atoms with E-state index in [-0.39, 0.29) is 0 Å². The molecule has 1 aromatic carbocycles. The zero-order chi connectivity index (χ0) is 17.7. The van der Waals surface area contributed by atoms with Gasteiger partial charge in [-0.15, -0.1) is 13.2 Å². The number of rotatable bonds is 4. The van der Waals surface area contributed by atoms with Gasteiger partial charge < -0.3 is 4.55 Å². The molecule has 0 spiro atoms. The summed E-state index contributed by atoms with van der Waals surface area (Å²) in [5.74, 6) is 0. The Morgan fingerprint density at radius 2 is 1.78 bits per heavy atom. The molecule has 0 bridgehead atoms. The first-order chi connectivity index (χ1) is 10.5. The van der Waals surface area contributed by atoms with Crippen molar-refractivity contribution in [3.8, 4) is 0 Å². The lowest BCUT2D eigenvalue weighted by Crippen LogP contribution is -1.98.